The third-order valence-corrected chi connectivity index (χ3v) is 2.28. The Bertz CT molecular complexity index is 408. The van der Waals surface area contributed by atoms with Gasteiger partial charge in [-0.2, -0.15) is 0 Å². The fraction of sp³-hybridized carbons (Fsp3) is 0.100. The van der Waals surface area contributed by atoms with Crippen molar-refractivity contribution in [2.75, 3.05) is 0 Å². The summed E-state index contributed by atoms with van der Waals surface area (Å²) in [5, 5.41) is 4.47. The first kappa shape index (κ1) is 8.32. The third kappa shape index (κ3) is 1.45. The van der Waals surface area contributed by atoms with Crippen molar-refractivity contribution in [3.63, 3.8) is 0 Å². The Balaban J connectivity index is 2.53. The van der Waals surface area contributed by atoms with E-state index in [0.29, 0.717) is 16.5 Å². The van der Waals surface area contributed by atoms with E-state index >= 15 is 0 Å². The Hall–Kier alpha value is -1.28. The van der Waals surface area contributed by atoms with Gasteiger partial charge >= 0.3 is 0 Å². The summed E-state index contributed by atoms with van der Waals surface area (Å²) in [4.78, 5) is 0. The predicted molar refractivity (Wildman–Crippen MR) is 51.7 cm³/mol. The second kappa shape index (κ2) is 3.23. The third-order valence-electron chi connectivity index (χ3n) is 1.84. The van der Waals surface area contributed by atoms with Crippen LogP contribution in [0, 0.1) is 6.92 Å². The summed E-state index contributed by atoms with van der Waals surface area (Å²) < 4.78 is 4.97. The molecule has 0 saturated carbocycles. The lowest BCUT2D eigenvalue weighted by Crippen LogP contribution is -1.76. The van der Waals surface area contributed by atoms with Crippen LogP contribution in [0.3, 0.4) is 0 Å². The van der Waals surface area contributed by atoms with Crippen LogP contribution in [0.1, 0.15) is 5.76 Å². The van der Waals surface area contributed by atoms with Crippen molar-refractivity contribution in [2.45, 2.75) is 6.92 Å². The molecular weight excluding hydrogens is 186 g/mol. The molecule has 1 heterocycles. The lowest BCUT2D eigenvalue weighted by atomic mass is 10.1. The maximum Gasteiger partial charge on any atom is 0.152 e. The topological polar surface area (TPSA) is 26.0 Å². The molecule has 0 aliphatic heterocycles. The number of aromatic nitrogens is 1. The number of benzene rings is 1. The molecule has 66 valence electrons. The highest BCUT2D eigenvalue weighted by Gasteiger charge is 2.11. The molecule has 3 heteroatoms. The van der Waals surface area contributed by atoms with Gasteiger partial charge < -0.3 is 4.52 Å². The molecule has 1 aromatic carbocycles. The smallest absolute Gasteiger partial charge is 0.152 e. The van der Waals surface area contributed by atoms with Gasteiger partial charge in [-0.05, 0) is 6.92 Å². The molecule has 2 nitrogen and oxygen atoms in total. The van der Waals surface area contributed by atoms with E-state index in [-0.39, 0.29) is 0 Å². The zero-order valence-corrected chi connectivity index (χ0v) is 7.88. The summed E-state index contributed by atoms with van der Waals surface area (Å²) in [6, 6.07) is 9.72. The van der Waals surface area contributed by atoms with Crippen LogP contribution in [-0.4, -0.2) is 5.16 Å². The van der Waals surface area contributed by atoms with E-state index in [1.807, 2.05) is 30.3 Å². The summed E-state index contributed by atoms with van der Waals surface area (Å²) in [5.41, 5.74) is 1.68. The maximum atomic E-state index is 5.99. The molecular formula is C10H8ClNO. The Kier molecular flexibility index (Phi) is 2.07. The molecule has 2 rings (SSSR count). The Labute approximate surface area is 81.1 Å². The van der Waals surface area contributed by atoms with Crippen LogP contribution in [0.5, 0.6) is 0 Å². The summed E-state index contributed by atoms with van der Waals surface area (Å²) in [6.07, 6.45) is 0. The van der Waals surface area contributed by atoms with Crippen LogP contribution in [0.15, 0.2) is 34.9 Å². The molecule has 0 atom stereocenters. The SMILES string of the molecule is Cc1onc(-c2ccccc2)c1Cl. The average molecular weight is 194 g/mol. The minimum absolute atomic E-state index is 0.589. The second-order valence-electron chi connectivity index (χ2n) is 2.77. The van der Waals surface area contributed by atoms with Crippen molar-refractivity contribution in [2.24, 2.45) is 0 Å². The summed E-state index contributed by atoms with van der Waals surface area (Å²) >= 11 is 5.99. The molecule has 0 saturated heterocycles. The molecule has 0 fully saturated rings. The van der Waals surface area contributed by atoms with Gasteiger partial charge in [-0.15, -0.1) is 0 Å². The molecule has 2 aromatic rings. The van der Waals surface area contributed by atoms with Gasteiger partial charge in [0.25, 0.3) is 0 Å². The fourth-order valence-electron chi connectivity index (χ4n) is 1.14. The van der Waals surface area contributed by atoms with E-state index in [1.54, 1.807) is 6.92 Å². The molecule has 0 radical (unpaired) electrons. The number of aryl methyl sites for hydroxylation is 1. The Morgan fingerprint density at radius 3 is 2.46 bits per heavy atom. The molecule has 0 aliphatic carbocycles. The quantitative estimate of drug-likeness (QED) is 0.695. The van der Waals surface area contributed by atoms with Crippen molar-refractivity contribution in [3.8, 4) is 11.3 Å². The Morgan fingerprint density at radius 1 is 1.23 bits per heavy atom. The zero-order chi connectivity index (χ0) is 9.26. The minimum atomic E-state index is 0.589. The van der Waals surface area contributed by atoms with Crippen LogP contribution in [-0.2, 0) is 0 Å². The van der Waals surface area contributed by atoms with Crippen LogP contribution >= 0.6 is 11.6 Å². The van der Waals surface area contributed by atoms with Gasteiger partial charge in [-0.3, -0.25) is 0 Å². The molecule has 0 aliphatic rings. The van der Waals surface area contributed by atoms with Crippen LogP contribution < -0.4 is 0 Å². The van der Waals surface area contributed by atoms with E-state index in [0.717, 1.165) is 5.56 Å². The summed E-state index contributed by atoms with van der Waals surface area (Å²) in [5.74, 6) is 0.653. The van der Waals surface area contributed by atoms with Gasteiger partial charge in [0, 0.05) is 5.56 Å². The highest BCUT2D eigenvalue weighted by atomic mass is 35.5. The number of rotatable bonds is 1. The summed E-state index contributed by atoms with van der Waals surface area (Å²) in [6.45, 7) is 1.79. The van der Waals surface area contributed by atoms with Gasteiger partial charge in [0.2, 0.25) is 0 Å². The van der Waals surface area contributed by atoms with Gasteiger partial charge in [-0.25, -0.2) is 0 Å². The highest BCUT2D eigenvalue weighted by Crippen LogP contribution is 2.28. The average Bonchev–Trinajstić information content (AvgIpc) is 2.49. The number of hydrogen-bond donors (Lipinski definition) is 0. The molecule has 0 unspecified atom stereocenters. The van der Waals surface area contributed by atoms with Gasteiger partial charge in [0.15, 0.2) is 5.76 Å². The van der Waals surface area contributed by atoms with Gasteiger partial charge in [0.05, 0.1) is 0 Å². The summed E-state index contributed by atoms with van der Waals surface area (Å²) in [7, 11) is 0. The van der Waals surface area contributed by atoms with Crippen molar-refractivity contribution < 1.29 is 4.52 Å². The molecule has 0 N–H and O–H groups in total. The van der Waals surface area contributed by atoms with E-state index in [9.17, 15) is 0 Å². The zero-order valence-electron chi connectivity index (χ0n) is 7.12. The second-order valence-corrected chi connectivity index (χ2v) is 3.15. The number of halogens is 1. The molecule has 1 aromatic heterocycles. The van der Waals surface area contributed by atoms with E-state index in [2.05, 4.69) is 5.16 Å². The number of hydrogen-bond acceptors (Lipinski definition) is 2. The first-order valence-corrected chi connectivity index (χ1v) is 4.34. The fourth-order valence-corrected chi connectivity index (χ4v) is 1.31. The van der Waals surface area contributed by atoms with Gasteiger partial charge in [0.1, 0.15) is 10.7 Å². The van der Waals surface area contributed by atoms with Crippen LogP contribution in [0.2, 0.25) is 5.02 Å². The molecule has 0 amide bonds. The first-order valence-electron chi connectivity index (χ1n) is 3.96. The lowest BCUT2D eigenvalue weighted by molar-refractivity contribution is 0.400. The predicted octanol–water partition coefficient (Wildman–Crippen LogP) is 3.30. The van der Waals surface area contributed by atoms with E-state index < -0.39 is 0 Å². The Morgan fingerprint density at radius 2 is 1.92 bits per heavy atom. The van der Waals surface area contributed by atoms with Crippen molar-refractivity contribution in [1.29, 1.82) is 0 Å². The molecule has 0 spiro atoms. The van der Waals surface area contributed by atoms with Crippen molar-refractivity contribution in [1.82, 2.24) is 5.16 Å². The largest absolute Gasteiger partial charge is 0.359 e. The first-order chi connectivity index (χ1) is 6.29. The van der Waals surface area contributed by atoms with Gasteiger partial charge in [-0.1, -0.05) is 47.1 Å². The van der Waals surface area contributed by atoms with E-state index in [4.69, 9.17) is 16.1 Å². The van der Waals surface area contributed by atoms with Crippen LogP contribution in [0.4, 0.5) is 0 Å². The standard InChI is InChI=1S/C10H8ClNO/c1-7-9(11)10(12-13-7)8-5-3-2-4-6-8/h2-6H,1H3. The van der Waals surface area contributed by atoms with Crippen LogP contribution in [0.25, 0.3) is 11.3 Å². The molecule has 13 heavy (non-hydrogen) atoms. The maximum absolute atomic E-state index is 5.99. The monoisotopic (exact) mass is 193 g/mol. The number of nitrogens with zero attached hydrogens (tertiary/aromatic N) is 1. The van der Waals surface area contributed by atoms with E-state index in [1.165, 1.54) is 0 Å². The minimum Gasteiger partial charge on any atom is -0.359 e. The highest BCUT2D eigenvalue weighted by molar-refractivity contribution is 6.33. The normalized spacial score (nSPS) is 10.3. The lowest BCUT2D eigenvalue weighted by Gasteiger charge is -1.93. The van der Waals surface area contributed by atoms with Crippen molar-refractivity contribution in [3.05, 3.63) is 41.1 Å². The molecule has 0 bridgehead atoms. The van der Waals surface area contributed by atoms with Crippen molar-refractivity contribution >= 4 is 11.6 Å².